The number of aromatic nitrogens is 2. The van der Waals surface area contributed by atoms with Crippen LogP contribution in [-0.2, 0) is 17.8 Å². The molecule has 1 amide bonds. The lowest BCUT2D eigenvalue weighted by Crippen LogP contribution is -2.56. The number of anilines is 2. The lowest BCUT2D eigenvalue weighted by Gasteiger charge is -2.42. The molecule has 43 heavy (non-hydrogen) atoms. The van der Waals surface area contributed by atoms with Gasteiger partial charge in [-0.3, -0.25) is 4.79 Å². The van der Waals surface area contributed by atoms with Gasteiger partial charge in [-0.15, -0.1) is 0 Å². The van der Waals surface area contributed by atoms with E-state index in [1.165, 1.54) is 11.1 Å². The van der Waals surface area contributed by atoms with Crippen LogP contribution in [0, 0.1) is 25.2 Å². The predicted molar refractivity (Wildman–Crippen MR) is 157 cm³/mol. The summed E-state index contributed by atoms with van der Waals surface area (Å²) in [6.45, 7) is 10.4. The van der Waals surface area contributed by atoms with Gasteiger partial charge in [-0.25, -0.2) is 0 Å². The van der Waals surface area contributed by atoms with Gasteiger partial charge in [0.15, 0.2) is 0 Å². The Kier molecular flexibility index (Phi) is 8.83. The van der Waals surface area contributed by atoms with E-state index in [2.05, 4.69) is 55.5 Å². The number of halogens is 3. The summed E-state index contributed by atoms with van der Waals surface area (Å²) >= 11 is 0. The number of fused-ring (bicyclic) bond motifs is 1. The van der Waals surface area contributed by atoms with E-state index in [1.54, 1.807) is 0 Å². The number of nitrogens with zero attached hydrogens (tertiary/aromatic N) is 7. The van der Waals surface area contributed by atoms with Gasteiger partial charge in [0.05, 0.1) is 30.8 Å². The topological polar surface area (TPSA) is 88.8 Å². The number of piperazine rings is 1. The van der Waals surface area contributed by atoms with Crippen molar-refractivity contribution in [3.05, 3.63) is 52.7 Å². The predicted octanol–water partition coefficient (Wildman–Crippen LogP) is 4.18. The summed E-state index contributed by atoms with van der Waals surface area (Å²) in [5, 5.41) is 9.48. The van der Waals surface area contributed by atoms with Gasteiger partial charge in [0.2, 0.25) is 0 Å². The van der Waals surface area contributed by atoms with Crippen molar-refractivity contribution in [3.63, 3.8) is 0 Å². The minimum absolute atomic E-state index is 0.0106. The molecule has 2 aromatic rings. The molecule has 0 radical (unpaired) electrons. The first-order valence-corrected chi connectivity index (χ1v) is 14.7. The fourth-order valence-electron chi connectivity index (χ4n) is 6.25. The van der Waals surface area contributed by atoms with E-state index in [1.807, 2.05) is 11.0 Å². The zero-order valence-corrected chi connectivity index (χ0v) is 25.0. The van der Waals surface area contributed by atoms with Crippen LogP contribution in [0.1, 0.15) is 41.6 Å². The maximum absolute atomic E-state index is 13.3. The molecule has 3 aliphatic heterocycles. The first-order chi connectivity index (χ1) is 20.5. The minimum atomic E-state index is -4.84. The quantitative estimate of drug-likeness (QED) is 0.440. The molecule has 0 N–H and O–H groups in total. The lowest BCUT2D eigenvalue weighted by atomic mass is 10.0. The third kappa shape index (κ3) is 6.42. The summed E-state index contributed by atoms with van der Waals surface area (Å²) in [7, 11) is 2.08. The number of rotatable bonds is 7. The van der Waals surface area contributed by atoms with Gasteiger partial charge < -0.3 is 24.3 Å². The number of hydrogen-bond acceptors (Lipinski definition) is 8. The summed E-state index contributed by atoms with van der Waals surface area (Å²) in [5.41, 5.74) is 3.94. The number of carbonyl (C=O) groups is 1. The van der Waals surface area contributed by atoms with Gasteiger partial charge in [-0.05, 0) is 63.9 Å². The highest BCUT2D eigenvalue weighted by molar-refractivity contribution is 5.94. The summed E-state index contributed by atoms with van der Waals surface area (Å²) in [6, 6.07) is 8.07. The Bertz CT molecular complexity index is 1420. The summed E-state index contributed by atoms with van der Waals surface area (Å²) in [5.74, 6) is -0.531. The lowest BCUT2D eigenvalue weighted by molar-refractivity contribution is -0.141. The van der Waals surface area contributed by atoms with E-state index < -0.39 is 23.7 Å². The molecule has 5 rings (SSSR count). The second kappa shape index (κ2) is 12.4. The number of benzene rings is 1. The van der Waals surface area contributed by atoms with Crippen molar-refractivity contribution < 1.29 is 22.7 Å². The smallest absolute Gasteiger partial charge is 0.421 e. The van der Waals surface area contributed by atoms with Crippen molar-refractivity contribution in [2.24, 2.45) is 0 Å². The molecule has 2 saturated heterocycles. The van der Waals surface area contributed by atoms with E-state index >= 15 is 0 Å². The monoisotopic (exact) mass is 597 g/mol. The average Bonchev–Trinajstić information content (AvgIpc) is 3.40. The second-order valence-electron chi connectivity index (χ2n) is 11.7. The van der Waals surface area contributed by atoms with E-state index in [4.69, 9.17) is 14.7 Å². The Morgan fingerprint density at radius 2 is 1.93 bits per heavy atom. The Balaban J connectivity index is 1.45. The van der Waals surface area contributed by atoms with Gasteiger partial charge in [-0.1, -0.05) is 18.7 Å². The zero-order valence-electron chi connectivity index (χ0n) is 25.0. The van der Waals surface area contributed by atoms with Gasteiger partial charge >= 0.3 is 12.2 Å². The van der Waals surface area contributed by atoms with Crippen LogP contribution in [0.15, 0.2) is 30.4 Å². The Labute approximate surface area is 250 Å². The average molecular weight is 598 g/mol. The van der Waals surface area contributed by atoms with Crippen LogP contribution in [0.25, 0.3) is 0 Å². The van der Waals surface area contributed by atoms with Crippen LogP contribution < -0.4 is 14.5 Å². The third-order valence-electron chi connectivity index (χ3n) is 8.99. The third-order valence-corrected chi connectivity index (χ3v) is 8.99. The number of carbonyl (C=O) groups excluding carboxylic acids is 1. The van der Waals surface area contributed by atoms with Crippen molar-refractivity contribution >= 4 is 17.4 Å². The highest BCUT2D eigenvalue weighted by Gasteiger charge is 2.42. The molecule has 9 nitrogen and oxygen atoms in total. The molecule has 2 fully saturated rings. The van der Waals surface area contributed by atoms with Crippen LogP contribution in [0.4, 0.5) is 24.7 Å². The number of amides is 1. The largest absolute Gasteiger partial charge is 0.462 e. The molecule has 0 saturated carbocycles. The molecular weight excluding hydrogens is 559 g/mol. The van der Waals surface area contributed by atoms with Crippen molar-refractivity contribution in [2.45, 2.75) is 64.3 Å². The van der Waals surface area contributed by atoms with Crippen molar-refractivity contribution in [1.29, 1.82) is 5.26 Å². The molecule has 230 valence electrons. The summed E-state index contributed by atoms with van der Waals surface area (Å²) in [4.78, 5) is 30.1. The fourth-order valence-corrected chi connectivity index (χ4v) is 6.25. The second-order valence-corrected chi connectivity index (χ2v) is 11.7. The fraction of sp³-hybridized carbons (Fsp3) is 0.548. The Morgan fingerprint density at radius 1 is 1.14 bits per heavy atom. The molecule has 0 bridgehead atoms. The highest BCUT2D eigenvalue weighted by Crippen LogP contribution is 2.35. The van der Waals surface area contributed by atoms with E-state index in [0.717, 1.165) is 47.8 Å². The van der Waals surface area contributed by atoms with E-state index in [-0.39, 0.29) is 38.1 Å². The van der Waals surface area contributed by atoms with Crippen LogP contribution >= 0.6 is 0 Å². The Hall–Kier alpha value is -3.85. The summed E-state index contributed by atoms with van der Waals surface area (Å²) < 4.78 is 46.1. The molecule has 1 aromatic carbocycles. The van der Waals surface area contributed by atoms with Gasteiger partial charge in [-0.2, -0.15) is 28.4 Å². The van der Waals surface area contributed by atoms with E-state index in [9.17, 15) is 23.2 Å². The van der Waals surface area contributed by atoms with Gasteiger partial charge in [0.25, 0.3) is 5.91 Å². The molecule has 12 heteroatoms. The van der Waals surface area contributed by atoms with Gasteiger partial charge in [0.1, 0.15) is 18.0 Å². The SMILES string of the molecule is C=C(C(=O)N1CCN(c2nc(OC[C@@H]3CCCN3C)nc3c2CCN(c2cccc(C)c2C)C3)C[C@@H]1CC#N)C(F)(F)F. The standard InChI is InChI=1S/C31H38F3N7O2/c1-20-7-5-9-27(21(20)2)39-14-11-25-26(18-39)36-30(43-19-24-8-6-13-38(24)4)37-28(25)40-15-16-41(23(17-40)10-12-35)29(42)22(3)31(32,33)34/h5,7,9,23-24H,3,6,8,10-11,13-19H2,1-2,4H3/t23-,24-/m0/s1. The molecule has 0 spiro atoms. The summed E-state index contributed by atoms with van der Waals surface area (Å²) in [6.07, 6.45) is -2.15. The molecule has 3 aliphatic rings. The molecule has 0 aliphatic carbocycles. The number of likely N-dealkylation sites (N-methyl/N-ethyl adjacent to an activating group) is 1. The molecule has 2 atom stereocenters. The van der Waals surface area contributed by atoms with Crippen molar-refractivity contribution in [3.8, 4) is 12.1 Å². The first-order valence-electron chi connectivity index (χ1n) is 14.7. The van der Waals surface area contributed by atoms with Crippen LogP contribution in [0.5, 0.6) is 6.01 Å². The van der Waals surface area contributed by atoms with Crippen molar-refractivity contribution in [2.75, 3.05) is 56.2 Å². The number of likely N-dealkylation sites (tertiary alicyclic amines) is 1. The molecular formula is C31H38F3N7O2. The normalized spacial score (nSPS) is 21.0. The van der Waals surface area contributed by atoms with Crippen LogP contribution in [-0.4, -0.2) is 90.3 Å². The molecule has 4 heterocycles. The van der Waals surface area contributed by atoms with Crippen molar-refractivity contribution in [1.82, 2.24) is 19.8 Å². The highest BCUT2D eigenvalue weighted by atomic mass is 19.4. The number of hydrogen-bond donors (Lipinski definition) is 0. The minimum Gasteiger partial charge on any atom is -0.462 e. The first kappa shape index (κ1) is 30.6. The van der Waals surface area contributed by atoms with Crippen LogP contribution in [0.2, 0.25) is 0 Å². The maximum atomic E-state index is 13.3. The van der Waals surface area contributed by atoms with E-state index in [0.29, 0.717) is 25.4 Å². The Morgan fingerprint density at radius 3 is 2.63 bits per heavy atom. The zero-order chi connectivity index (χ0) is 30.9. The van der Waals surface area contributed by atoms with Crippen LogP contribution in [0.3, 0.4) is 0 Å². The number of alkyl halides is 3. The number of nitriles is 1. The number of aryl methyl sites for hydroxylation is 1. The molecule has 1 aromatic heterocycles. The molecule has 0 unspecified atom stereocenters. The number of ether oxygens (including phenoxy) is 1. The van der Waals surface area contributed by atoms with Gasteiger partial charge in [0, 0.05) is 43.5 Å². The maximum Gasteiger partial charge on any atom is 0.421 e.